The zero-order valence-electron chi connectivity index (χ0n) is 16.9. The molecule has 3 aromatic carbocycles. The Balaban J connectivity index is 1.47. The maximum absolute atomic E-state index is 14.1. The van der Waals surface area contributed by atoms with E-state index in [2.05, 4.69) is 15.9 Å². The number of carbonyl (C=O) groups excluding carboxylic acids is 2. The highest BCUT2D eigenvalue weighted by Gasteiger charge is 2.35. The number of halogens is 4. The number of ether oxygens (including phenoxy) is 1. The summed E-state index contributed by atoms with van der Waals surface area (Å²) in [6.07, 6.45) is 1.59. The highest BCUT2D eigenvalue weighted by Crippen LogP contribution is 2.36. The molecule has 1 aliphatic heterocycles. The largest absolute Gasteiger partial charge is 0.488 e. The Bertz CT molecular complexity index is 1250. The number of rotatable bonds is 6. The van der Waals surface area contributed by atoms with E-state index in [0.29, 0.717) is 15.8 Å². The lowest BCUT2D eigenvalue weighted by Gasteiger charge is -2.14. The molecule has 1 aliphatic rings. The predicted octanol–water partition coefficient (Wildman–Crippen LogP) is 7.20. The summed E-state index contributed by atoms with van der Waals surface area (Å²) in [6.45, 7) is 0.0170. The maximum atomic E-state index is 14.1. The van der Waals surface area contributed by atoms with Crippen LogP contribution in [0.15, 0.2) is 70.0 Å². The van der Waals surface area contributed by atoms with Crippen molar-refractivity contribution in [1.82, 2.24) is 4.90 Å². The van der Waals surface area contributed by atoms with Crippen LogP contribution in [0.25, 0.3) is 6.08 Å². The highest BCUT2D eigenvalue weighted by molar-refractivity contribution is 9.10. The Morgan fingerprint density at radius 3 is 2.52 bits per heavy atom. The minimum absolute atomic E-state index is 0.0908. The zero-order chi connectivity index (χ0) is 23.5. The van der Waals surface area contributed by atoms with E-state index >= 15 is 0 Å². The van der Waals surface area contributed by atoms with Crippen molar-refractivity contribution in [1.29, 1.82) is 0 Å². The first-order chi connectivity index (χ1) is 15.8. The van der Waals surface area contributed by atoms with E-state index in [1.54, 1.807) is 36.4 Å². The van der Waals surface area contributed by atoms with Crippen LogP contribution in [-0.2, 0) is 17.9 Å². The average molecular weight is 551 g/mol. The third-order valence-electron chi connectivity index (χ3n) is 4.81. The Morgan fingerprint density at radius 2 is 1.82 bits per heavy atom. The lowest BCUT2D eigenvalue weighted by Crippen LogP contribution is -2.28. The van der Waals surface area contributed by atoms with E-state index in [1.165, 1.54) is 30.3 Å². The topological polar surface area (TPSA) is 46.6 Å². The summed E-state index contributed by atoms with van der Waals surface area (Å²) in [5.74, 6) is -0.841. The molecule has 0 aromatic heterocycles. The van der Waals surface area contributed by atoms with Crippen molar-refractivity contribution in [3.05, 3.63) is 103 Å². The van der Waals surface area contributed by atoms with Crippen LogP contribution >= 0.6 is 39.3 Å². The maximum Gasteiger partial charge on any atom is 0.293 e. The fourth-order valence-corrected chi connectivity index (χ4v) is 4.67. The van der Waals surface area contributed by atoms with Gasteiger partial charge in [-0.15, -0.1) is 0 Å². The number of thioether (sulfide) groups is 1. The van der Waals surface area contributed by atoms with Gasteiger partial charge in [-0.3, -0.25) is 14.5 Å². The number of carbonyl (C=O) groups is 2. The van der Waals surface area contributed by atoms with Crippen LogP contribution in [-0.4, -0.2) is 16.0 Å². The molecule has 0 N–H and O–H groups in total. The van der Waals surface area contributed by atoms with E-state index in [1.807, 2.05) is 0 Å². The van der Waals surface area contributed by atoms with Crippen LogP contribution < -0.4 is 4.74 Å². The molecular formula is C24H15BrClF2NO3S. The van der Waals surface area contributed by atoms with Gasteiger partial charge >= 0.3 is 0 Å². The summed E-state index contributed by atoms with van der Waals surface area (Å²) >= 11 is 10.3. The van der Waals surface area contributed by atoms with Gasteiger partial charge in [0.2, 0.25) is 0 Å². The summed E-state index contributed by atoms with van der Waals surface area (Å²) in [5.41, 5.74) is 1.58. The normalized spacial score (nSPS) is 14.9. The first-order valence-corrected chi connectivity index (χ1v) is 11.7. The molecule has 4 nitrogen and oxygen atoms in total. The summed E-state index contributed by atoms with van der Waals surface area (Å²) in [6, 6.07) is 15.4. The van der Waals surface area contributed by atoms with E-state index in [9.17, 15) is 18.4 Å². The first kappa shape index (κ1) is 23.5. The third-order valence-corrected chi connectivity index (χ3v) is 6.69. The molecule has 0 aliphatic carbocycles. The summed E-state index contributed by atoms with van der Waals surface area (Å²) in [7, 11) is 0. The number of amides is 2. The first-order valence-electron chi connectivity index (χ1n) is 9.67. The van der Waals surface area contributed by atoms with E-state index in [4.69, 9.17) is 16.3 Å². The average Bonchev–Trinajstić information content (AvgIpc) is 3.04. The van der Waals surface area contributed by atoms with Crippen molar-refractivity contribution in [2.45, 2.75) is 13.2 Å². The second-order valence-electron chi connectivity index (χ2n) is 7.07. The van der Waals surface area contributed by atoms with Gasteiger partial charge in [-0.1, -0.05) is 35.9 Å². The zero-order valence-corrected chi connectivity index (χ0v) is 20.0. The fraction of sp³-hybridized carbons (Fsp3) is 0.0833. The van der Waals surface area contributed by atoms with Crippen molar-refractivity contribution >= 4 is 56.5 Å². The Hall–Kier alpha value is -2.68. The number of imide groups is 1. The van der Waals surface area contributed by atoms with Gasteiger partial charge in [0.25, 0.3) is 11.1 Å². The van der Waals surface area contributed by atoms with Crippen molar-refractivity contribution in [2.24, 2.45) is 0 Å². The molecule has 0 spiro atoms. The van der Waals surface area contributed by atoms with E-state index in [-0.39, 0.29) is 34.5 Å². The number of benzene rings is 3. The van der Waals surface area contributed by atoms with Gasteiger partial charge < -0.3 is 4.74 Å². The van der Waals surface area contributed by atoms with E-state index < -0.39 is 17.0 Å². The van der Waals surface area contributed by atoms with Crippen molar-refractivity contribution in [3.63, 3.8) is 0 Å². The third kappa shape index (κ3) is 5.46. The van der Waals surface area contributed by atoms with Gasteiger partial charge in [0.1, 0.15) is 24.0 Å². The van der Waals surface area contributed by atoms with Gasteiger partial charge in [0, 0.05) is 10.6 Å². The summed E-state index contributed by atoms with van der Waals surface area (Å²) in [5, 5.41) is -0.345. The van der Waals surface area contributed by atoms with Crippen molar-refractivity contribution < 1.29 is 23.1 Å². The molecule has 1 saturated heterocycles. The monoisotopic (exact) mass is 549 g/mol. The molecule has 0 saturated carbocycles. The molecule has 1 heterocycles. The highest BCUT2D eigenvalue weighted by atomic mass is 79.9. The molecule has 0 bridgehead atoms. The molecular weight excluding hydrogens is 536 g/mol. The smallest absolute Gasteiger partial charge is 0.293 e. The van der Waals surface area contributed by atoms with Crippen LogP contribution in [0.3, 0.4) is 0 Å². The molecule has 33 heavy (non-hydrogen) atoms. The van der Waals surface area contributed by atoms with E-state index in [0.717, 1.165) is 22.2 Å². The lowest BCUT2D eigenvalue weighted by molar-refractivity contribution is -0.123. The number of hydrogen-bond donors (Lipinski definition) is 0. The minimum Gasteiger partial charge on any atom is -0.488 e. The molecule has 168 valence electrons. The fourth-order valence-electron chi connectivity index (χ4n) is 3.09. The van der Waals surface area contributed by atoms with Gasteiger partial charge in [-0.05, 0) is 81.3 Å². The number of hydrogen-bond acceptors (Lipinski definition) is 4. The Labute approximate surface area is 206 Å². The van der Waals surface area contributed by atoms with Gasteiger partial charge in [-0.2, -0.15) is 0 Å². The molecule has 9 heteroatoms. The molecule has 2 amide bonds. The number of nitrogens with zero attached hydrogens (tertiary/aromatic N) is 1. The summed E-state index contributed by atoms with van der Waals surface area (Å²) in [4.78, 5) is 26.3. The second-order valence-corrected chi connectivity index (χ2v) is 9.33. The van der Waals surface area contributed by atoms with Gasteiger partial charge in [0.05, 0.1) is 15.9 Å². The van der Waals surface area contributed by atoms with Crippen LogP contribution in [0.4, 0.5) is 13.6 Å². The van der Waals surface area contributed by atoms with Crippen LogP contribution in [0.1, 0.15) is 16.7 Å². The van der Waals surface area contributed by atoms with Crippen LogP contribution in [0.5, 0.6) is 5.75 Å². The second kappa shape index (κ2) is 10.1. The lowest BCUT2D eigenvalue weighted by atomic mass is 10.2. The molecule has 3 aromatic rings. The van der Waals surface area contributed by atoms with Crippen molar-refractivity contribution in [3.8, 4) is 5.75 Å². The van der Waals surface area contributed by atoms with Gasteiger partial charge in [0.15, 0.2) is 0 Å². The Kier molecular flexibility index (Phi) is 7.17. The quantitative estimate of drug-likeness (QED) is 0.305. The van der Waals surface area contributed by atoms with Crippen molar-refractivity contribution in [2.75, 3.05) is 0 Å². The molecule has 0 radical (unpaired) electrons. The minimum atomic E-state index is -0.578. The SMILES string of the molecule is O=C1SC(=Cc2ccc(OCc3ccc(F)cc3)c(Br)c2)C(=O)N1Cc1c(F)cccc1Cl. The Morgan fingerprint density at radius 1 is 1.06 bits per heavy atom. The van der Waals surface area contributed by atoms with Crippen LogP contribution in [0.2, 0.25) is 5.02 Å². The molecule has 0 atom stereocenters. The van der Waals surface area contributed by atoms with Crippen LogP contribution in [0, 0.1) is 11.6 Å². The molecule has 1 fully saturated rings. The van der Waals surface area contributed by atoms with Gasteiger partial charge in [-0.25, -0.2) is 8.78 Å². The molecule has 4 rings (SSSR count). The standard InChI is InChI=1S/C24H15BrClF2NO3S/c25-18-10-15(6-9-21(18)32-13-14-4-7-16(27)8-5-14)11-22-23(30)29(24(31)33-22)12-17-19(26)2-1-3-20(17)28/h1-11H,12-13H2. The predicted molar refractivity (Wildman–Crippen MR) is 128 cm³/mol. The summed E-state index contributed by atoms with van der Waals surface area (Å²) < 4.78 is 33.5. The molecule has 0 unspecified atom stereocenters.